The van der Waals surface area contributed by atoms with Crippen molar-refractivity contribution < 1.29 is 13.7 Å². The van der Waals surface area contributed by atoms with Crippen LogP contribution in [0.3, 0.4) is 0 Å². The highest BCUT2D eigenvalue weighted by molar-refractivity contribution is 6.62. The van der Waals surface area contributed by atoms with Crippen molar-refractivity contribution in [2.45, 2.75) is 38.9 Å². The van der Waals surface area contributed by atoms with Crippen LogP contribution in [-0.2, 0) is 9.31 Å². The normalized spacial score (nSPS) is 15.4. The second-order valence-corrected chi connectivity index (χ2v) is 13.3. The minimum atomic E-state index is -0.419. The van der Waals surface area contributed by atoms with E-state index in [1.54, 1.807) is 0 Å². The molecule has 0 unspecified atom stereocenters. The van der Waals surface area contributed by atoms with Crippen molar-refractivity contribution in [2.24, 2.45) is 0 Å². The zero-order valence-corrected chi connectivity index (χ0v) is 27.1. The third kappa shape index (κ3) is 5.22. The lowest BCUT2D eigenvalue weighted by Gasteiger charge is -2.32. The van der Waals surface area contributed by atoms with E-state index in [4.69, 9.17) is 13.7 Å². The van der Waals surface area contributed by atoms with Crippen molar-refractivity contribution in [3.8, 4) is 22.3 Å². The molecule has 230 valence electrons. The van der Waals surface area contributed by atoms with Gasteiger partial charge in [-0.05, 0) is 98.4 Å². The molecular weight excluding hydrogens is 577 g/mol. The van der Waals surface area contributed by atoms with Crippen LogP contribution in [0.5, 0.6) is 0 Å². The highest BCUT2D eigenvalue weighted by Crippen LogP contribution is 2.44. The zero-order chi connectivity index (χ0) is 32.2. The molecule has 0 spiro atoms. The fourth-order valence-electron chi connectivity index (χ4n) is 6.47. The molecule has 4 nitrogen and oxygen atoms in total. The van der Waals surface area contributed by atoms with Crippen LogP contribution in [0.2, 0.25) is 0 Å². The van der Waals surface area contributed by atoms with Crippen LogP contribution in [-0.4, -0.2) is 18.3 Å². The monoisotopic (exact) mass is 613 g/mol. The highest BCUT2D eigenvalue weighted by Gasteiger charge is 2.51. The summed E-state index contributed by atoms with van der Waals surface area (Å²) in [5, 5.41) is 2.18. The second-order valence-electron chi connectivity index (χ2n) is 13.3. The number of anilines is 3. The molecule has 0 aliphatic carbocycles. The van der Waals surface area contributed by atoms with Crippen LogP contribution in [0.4, 0.5) is 17.1 Å². The van der Waals surface area contributed by atoms with Crippen molar-refractivity contribution in [1.82, 2.24) is 0 Å². The smallest absolute Gasteiger partial charge is 0.455 e. The Kier molecular flexibility index (Phi) is 7.05. The zero-order valence-electron chi connectivity index (χ0n) is 27.1. The minimum Gasteiger partial charge on any atom is -0.455 e. The summed E-state index contributed by atoms with van der Waals surface area (Å²) < 4.78 is 19.4. The van der Waals surface area contributed by atoms with Crippen LogP contribution in [0.15, 0.2) is 150 Å². The number of benzene rings is 6. The Balaban J connectivity index is 1.28. The average Bonchev–Trinajstić information content (AvgIpc) is 3.58. The number of para-hydroxylation sites is 3. The van der Waals surface area contributed by atoms with E-state index >= 15 is 0 Å². The van der Waals surface area contributed by atoms with Crippen LogP contribution in [0.25, 0.3) is 44.2 Å². The molecule has 5 heteroatoms. The first-order chi connectivity index (χ1) is 22.8. The molecule has 0 atom stereocenters. The van der Waals surface area contributed by atoms with Crippen molar-refractivity contribution >= 4 is 51.6 Å². The Morgan fingerprint density at radius 1 is 0.489 bits per heavy atom. The van der Waals surface area contributed by atoms with E-state index in [0.717, 1.165) is 66.7 Å². The van der Waals surface area contributed by atoms with Gasteiger partial charge in [0.25, 0.3) is 0 Å². The SMILES string of the molecule is CC1(C)OB(c2cccc(-c3cccc(-c4cc(N(c5ccccc5)c5ccccc5)cc5c4oc4ccccc45)c3)c2)OC1(C)C. The Morgan fingerprint density at radius 2 is 1.06 bits per heavy atom. The molecule has 0 N–H and O–H groups in total. The van der Waals surface area contributed by atoms with Gasteiger partial charge in [-0.2, -0.15) is 0 Å². The maximum atomic E-state index is 6.60. The van der Waals surface area contributed by atoms with E-state index in [-0.39, 0.29) is 0 Å². The van der Waals surface area contributed by atoms with Gasteiger partial charge < -0.3 is 18.6 Å². The van der Waals surface area contributed by atoms with Crippen LogP contribution in [0, 0.1) is 0 Å². The molecule has 0 radical (unpaired) electrons. The number of furan rings is 1. The number of fused-ring (bicyclic) bond motifs is 3. The van der Waals surface area contributed by atoms with E-state index in [2.05, 4.69) is 166 Å². The molecule has 0 saturated carbocycles. The van der Waals surface area contributed by atoms with Gasteiger partial charge in [-0.1, -0.05) is 97.1 Å². The molecule has 1 aliphatic rings. The summed E-state index contributed by atoms with van der Waals surface area (Å²) in [6.07, 6.45) is 0. The number of hydrogen-bond donors (Lipinski definition) is 0. The van der Waals surface area contributed by atoms with Crippen LogP contribution >= 0.6 is 0 Å². The van der Waals surface area contributed by atoms with Gasteiger partial charge in [0.15, 0.2) is 0 Å². The molecule has 8 rings (SSSR count). The Morgan fingerprint density at radius 3 is 1.74 bits per heavy atom. The summed E-state index contributed by atoms with van der Waals surface area (Å²) in [6.45, 7) is 8.35. The summed E-state index contributed by atoms with van der Waals surface area (Å²) in [5.41, 5.74) is 9.52. The second kappa shape index (κ2) is 11.3. The van der Waals surface area contributed by atoms with Crippen LogP contribution < -0.4 is 10.4 Å². The maximum absolute atomic E-state index is 6.60. The molecule has 47 heavy (non-hydrogen) atoms. The topological polar surface area (TPSA) is 34.8 Å². The van der Waals surface area contributed by atoms with Crippen molar-refractivity contribution in [2.75, 3.05) is 4.90 Å². The summed E-state index contributed by atoms with van der Waals surface area (Å²) in [4.78, 5) is 2.31. The minimum absolute atomic E-state index is 0.399. The third-order valence-electron chi connectivity index (χ3n) is 9.67. The van der Waals surface area contributed by atoms with Gasteiger partial charge in [0.1, 0.15) is 11.2 Å². The predicted molar refractivity (Wildman–Crippen MR) is 195 cm³/mol. The lowest BCUT2D eigenvalue weighted by atomic mass is 9.78. The summed E-state index contributed by atoms with van der Waals surface area (Å²) >= 11 is 0. The Bertz CT molecular complexity index is 2170. The molecule has 1 aromatic heterocycles. The van der Waals surface area contributed by atoms with Gasteiger partial charge in [0, 0.05) is 33.4 Å². The lowest BCUT2D eigenvalue weighted by Crippen LogP contribution is -2.41. The number of rotatable bonds is 6. The first-order valence-corrected chi connectivity index (χ1v) is 16.2. The predicted octanol–water partition coefficient (Wildman–Crippen LogP) is 10.7. The Hall–Kier alpha value is -5.10. The molecule has 7 aromatic rings. The van der Waals surface area contributed by atoms with E-state index in [1.807, 2.05) is 12.1 Å². The molecule has 0 bridgehead atoms. The summed E-state index contributed by atoms with van der Waals surface area (Å²) in [5.74, 6) is 0. The van der Waals surface area contributed by atoms with Crippen LogP contribution in [0.1, 0.15) is 27.7 Å². The van der Waals surface area contributed by atoms with Crippen molar-refractivity contribution in [1.29, 1.82) is 0 Å². The first-order valence-electron chi connectivity index (χ1n) is 16.2. The van der Waals surface area contributed by atoms with Gasteiger partial charge >= 0.3 is 7.12 Å². The lowest BCUT2D eigenvalue weighted by molar-refractivity contribution is 0.00578. The molecule has 1 saturated heterocycles. The fraction of sp³-hybridized carbons (Fsp3) is 0.143. The number of hydrogen-bond acceptors (Lipinski definition) is 4. The van der Waals surface area contributed by atoms with Gasteiger partial charge in [-0.15, -0.1) is 0 Å². The summed E-state index contributed by atoms with van der Waals surface area (Å²) in [6, 6.07) is 51.0. The first kappa shape index (κ1) is 29.3. The fourth-order valence-corrected chi connectivity index (χ4v) is 6.47. The highest BCUT2D eigenvalue weighted by atomic mass is 16.7. The van der Waals surface area contributed by atoms with E-state index < -0.39 is 18.3 Å². The molecule has 1 aliphatic heterocycles. The maximum Gasteiger partial charge on any atom is 0.494 e. The molecule has 1 fully saturated rings. The largest absolute Gasteiger partial charge is 0.494 e. The van der Waals surface area contributed by atoms with Crippen molar-refractivity contribution in [3.63, 3.8) is 0 Å². The van der Waals surface area contributed by atoms with E-state index in [1.165, 1.54) is 0 Å². The quantitative estimate of drug-likeness (QED) is 0.175. The van der Waals surface area contributed by atoms with Gasteiger partial charge in [0.05, 0.1) is 11.2 Å². The molecule has 6 aromatic carbocycles. The third-order valence-corrected chi connectivity index (χ3v) is 9.67. The van der Waals surface area contributed by atoms with E-state index in [9.17, 15) is 0 Å². The number of nitrogens with zero attached hydrogens (tertiary/aromatic N) is 1. The standard InChI is InChI=1S/C42H36BNO3/c1-41(2)42(3,4)47-43(46-41)32-18-14-16-30(26-32)29-15-13-17-31(25-29)37-27-35(28-38-36-23-11-12-24-39(36)45-40(37)38)44(33-19-7-5-8-20-33)34-21-9-6-10-22-34/h5-28H,1-4H3. The van der Waals surface area contributed by atoms with Crippen molar-refractivity contribution in [3.05, 3.63) is 146 Å². The van der Waals surface area contributed by atoms with Gasteiger partial charge in [0.2, 0.25) is 0 Å². The molecule has 2 heterocycles. The van der Waals surface area contributed by atoms with E-state index in [0.29, 0.717) is 0 Å². The average molecular weight is 614 g/mol. The Labute approximate surface area is 276 Å². The molecule has 0 amide bonds. The summed E-state index contributed by atoms with van der Waals surface area (Å²) in [7, 11) is -0.419. The molecular formula is C42H36BNO3. The van der Waals surface area contributed by atoms with Gasteiger partial charge in [-0.3, -0.25) is 0 Å². The van der Waals surface area contributed by atoms with Gasteiger partial charge in [-0.25, -0.2) is 0 Å².